The number of alkyl halides is 1. The number of aryl methyl sites for hydroxylation is 1. The molecule has 23 heavy (non-hydrogen) atoms. The standard InChI is InChI=1S/C18H18FNO2S/c1-23(21,22)20-12-18(19)11-10-13-6-2-3-7-14(13)17(18)15-8-4-5-9-16(15)20/h2-9,17H,10-12H2,1H3/t17-,18-/m0/s1. The van der Waals surface area contributed by atoms with Crippen LogP contribution in [0.3, 0.4) is 0 Å². The summed E-state index contributed by atoms with van der Waals surface area (Å²) in [6.45, 7) is -0.109. The van der Waals surface area contributed by atoms with Gasteiger partial charge in [-0.05, 0) is 35.6 Å². The van der Waals surface area contributed by atoms with Crippen LogP contribution in [0.25, 0.3) is 0 Å². The number of sulfonamides is 1. The first-order valence-electron chi connectivity index (χ1n) is 7.73. The number of hydrogen-bond donors (Lipinski definition) is 0. The van der Waals surface area contributed by atoms with Crippen LogP contribution in [-0.4, -0.2) is 26.9 Å². The summed E-state index contributed by atoms with van der Waals surface area (Å²) < 4.78 is 41.4. The predicted octanol–water partition coefficient (Wildman–Crippen LogP) is 3.25. The molecule has 2 atom stereocenters. The van der Waals surface area contributed by atoms with Crippen molar-refractivity contribution in [2.45, 2.75) is 24.4 Å². The van der Waals surface area contributed by atoms with Crippen LogP contribution in [0.15, 0.2) is 48.5 Å². The molecule has 3 nitrogen and oxygen atoms in total. The Balaban J connectivity index is 1.99. The lowest BCUT2D eigenvalue weighted by molar-refractivity contribution is 0.124. The molecule has 0 aromatic heterocycles. The van der Waals surface area contributed by atoms with Gasteiger partial charge >= 0.3 is 0 Å². The first-order valence-corrected chi connectivity index (χ1v) is 9.58. The molecule has 1 aliphatic heterocycles. The SMILES string of the molecule is CS(=O)(=O)N1C[C@@]2(F)CCc3ccccc3[C@H]2c2ccccc21. The summed E-state index contributed by atoms with van der Waals surface area (Å²) in [7, 11) is -3.51. The number of halogens is 1. The van der Waals surface area contributed by atoms with Gasteiger partial charge in [-0.3, -0.25) is 4.31 Å². The Labute approximate surface area is 135 Å². The zero-order valence-electron chi connectivity index (χ0n) is 12.9. The van der Waals surface area contributed by atoms with E-state index in [1.165, 1.54) is 4.31 Å². The van der Waals surface area contributed by atoms with Crippen LogP contribution in [0.5, 0.6) is 0 Å². The minimum Gasteiger partial charge on any atom is -0.267 e. The summed E-state index contributed by atoms with van der Waals surface area (Å²) in [5.74, 6) is -0.401. The molecule has 1 heterocycles. The van der Waals surface area contributed by atoms with E-state index in [9.17, 15) is 8.42 Å². The van der Waals surface area contributed by atoms with Crippen LogP contribution in [0.2, 0.25) is 0 Å². The maximum Gasteiger partial charge on any atom is 0.232 e. The van der Waals surface area contributed by atoms with E-state index in [0.29, 0.717) is 18.5 Å². The highest BCUT2D eigenvalue weighted by atomic mass is 32.2. The quantitative estimate of drug-likeness (QED) is 0.804. The topological polar surface area (TPSA) is 37.4 Å². The van der Waals surface area contributed by atoms with E-state index in [-0.39, 0.29) is 6.54 Å². The van der Waals surface area contributed by atoms with Crippen molar-refractivity contribution < 1.29 is 12.8 Å². The van der Waals surface area contributed by atoms with Crippen LogP contribution in [0, 0.1) is 0 Å². The Kier molecular flexibility index (Phi) is 3.07. The normalized spacial score (nSPS) is 26.2. The Morgan fingerprint density at radius 2 is 1.74 bits per heavy atom. The Morgan fingerprint density at radius 1 is 1.09 bits per heavy atom. The van der Waals surface area contributed by atoms with Gasteiger partial charge < -0.3 is 0 Å². The van der Waals surface area contributed by atoms with Crippen molar-refractivity contribution in [3.63, 3.8) is 0 Å². The Hall–Kier alpha value is -1.88. The molecule has 5 heteroatoms. The number of benzene rings is 2. The van der Waals surface area contributed by atoms with Crippen LogP contribution < -0.4 is 4.31 Å². The van der Waals surface area contributed by atoms with Crippen molar-refractivity contribution in [3.8, 4) is 0 Å². The number of nitrogens with zero attached hydrogens (tertiary/aromatic N) is 1. The van der Waals surface area contributed by atoms with Gasteiger partial charge in [-0.2, -0.15) is 0 Å². The van der Waals surface area contributed by atoms with Crippen LogP contribution in [-0.2, 0) is 16.4 Å². The molecule has 1 aliphatic carbocycles. The second-order valence-corrected chi connectivity index (χ2v) is 8.40. The average Bonchev–Trinajstić information content (AvgIpc) is 2.52. The molecule has 2 aromatic rings. The van der Waals surface area contributed by atoms with E-state index in [1.807, 2.05) is 36.4 Å². The number of para-hydroxylation sites is 1. The van der Waals surface area contributed by atoms with E-state index in [0.717, 1.165) is 22.9 Å². The highest BCUT2D eigenvalue weighted by Gasteiger charge is 2.51. The molecule has 0 saturated heterocycles. The van der Waals surface area contributed by atoms with Gasteiger partial charge in [0.15, 0.2) is 0 Å². The van der Waals surface area contributed by atoms with E-state index in [4.69, 9.17) is 0 Å². The Bertz CT molecular complexity index is 880. The van der Waals surface area contributed by atoms with Crippen molar-refractivity contribution in [1.82, 2.24) is 0 Å². The number of hydrogen-bond acceptors (Lipinski definition) is 2. The third-order valence-corrected chi connectivity index (χ3v) is 6.14. The molecule has 120 valence electrons. The number of anilines is 1. The minimum absolute atomic E-state index is 0.109. The second kappa shape index (κ2) is 4.81. The summed E-state index contributed by atoms with van der Waals surface area (Å²) >= 11 is 0. The van der Waals surface area contributed by atoms with Crippen molar-refractivity contribution >= 4 is 15.7 Å². The third-order valence-electron chi connectivity index (χ3n) is 5.02. The van der Waals surface area contributed by atoms with Gasteiger partial charge in [0.25, 0.3) is 0 Å². The summed E-state index contributed by atoms with van der Waals surface area (Å²) in [6.07, 6.45) is 2.13. The monoisotopic (exact) mass is 331 g/mol. The van der Waals surface area contributed by atoms with E-state index in [2.05, 4.69) is 0 Å². The fourth-order valence-electron chi connectivity index (χ4n) is 4.00. The van der Waals surface area contributed by atoms with Crippen molar-refractivity contribution in [2.75, 3.05) is 17.1 Å². The lowest BCUT2D eigenvalue weighted by Crippen LogP contribution is -2.52. The van der Waals surface area contributed by atoms with E-state index < -0.39 is 21.6 Å². The van der Waals surface area contributed by atoms with Gasteiger partial charge in [-0.15, -0.1) is 0 Å². The average molecular weight is 331 g/mol. The lowest BCUT2D eigenvalue weighted by atomic mass is 9.68. The summed E-state index contributed by atoms with van der Waals surface area (Å²) in [6, 6.07) is 15.2. The fraction of sp³-hybridized carbons (Fsp3) is 0.333. The zero-order valence-corrected chi connectivity index (χ0v) is 13.7. The molecular weight excluding hydrogens is 313 g/mol. The van der Waals surface area contributed by atoms with Gasteiger partial charge in [0, 0.05) is 5.92 Å². The highest BCUT2D eigenvalue weighted by Crippen LogP contribution is 2.52. The smallest absolute Gasteiger partial charge is 0.232 e. The molecule has 0 bridgehead atoms. The third kappa shape index (κ3) is 2.17. The number of rotatable bonds is 1. The predicted molar refractivity (Wildman–Crippen MR) is 89.1 cm³/mol. The first kappa shape index (κ1) is 14.7. The summed E-state index contributed by atoms with van der Waals surface area (Å²) in [5.41, 5.74) is 1.95. The minimum atomic E-state index is -3.51. The molecular formula is C18H18FNO2S. The van der Waals surface area contributed by atoms with Crippen molar-refractivity contribution in [2.24, 2.45) is 0 Å². The summed E-state index contributed by atoms with van der Waals surface area (Å²) in [4.78, 5) is 0. The van der Waals surface area contributed by atoms with Crippen LogP contribution >= 0.6 is 0 Å². The molecule has 0 fully saturated rings. The molecule has 0 saturated carbocycles. The molecule has 0 N–H and O–H groups in total. The molecule has 0 unspecified atom stereocenters. The molecule has 4 rings (SSSR count). The van der Waals surface area contributed by atoms with Gasteiger partial charge in [-0.1, -0.05) is 42.5 Å². The van der Waals surface area contributed by atoms with Gasteiger partial charge in [0.2, 0.25) is 10.0 Å². The Morgan fingerprint density at radius 3 is 2.48 bits per heavy atom. The largest absolute Gasteiger partial charge is 0.267 e. The van der Waals surface area contributed by atoms with Crippen LogP contribution in [0.1, 0.15) is 29.0 Å². The van der Waals surface area contributed by atoms with Crippen molar-refractivity contribution in [3.05, 3.63) is 65.2 Å². The molecule has 0 radical (unpaired) electrons. The maximum atomic E-state index is 15.8. The zero-order chi connectivity index (χ0) is 16.2. The number of fused-ring (bicyclic) bond motifs is 5. The summed E-state index contributed by atoms with van der Waals surface area (Å²) in [5, 5.41) is 0. The molecule has 2 aliphatic rings. The molecule has 2 aromatic carbocycles. The van der Waals surface area contributed by atoms with Gasteiger partial charge in [0.05, 0.1) is 18.5 Å². The lowest BCUT2D eigenvalue weighted by Gasteiger charge is -2.47. The molecule has 0 amide bonds. The van der Waals surface area contributed by atoms with Crippen LogP contribution in [0.4, 0.5) is 10.1 Å². The van der Waals surface area contributed by atoms with E-state index in [1.54, 1.807) is 12.1 Å². The van der Waals surface area contributed by atoms with Gasteiger partial charge in [-0.25, -0.2) is 12.8 Å². The van der Waals surface area contributed by atoms with Gasteiger partial charge in [0.1, 0.15) is 5.67 Å². The highest BCUT2D eigenvalue weighted by molar-refractivity contribution is 7.92. The fourth-order valence-corrected chi connectivity index (χ4v) is 4.98. The first-order chi connectivity index (χ1) is 10.9. The van der Waals surface area contributed by atoms with Crippen molar-refractivity contribution in [1.29, 1.82) is 0 Å². The van der Waals surface area contributed by atoms with E-state index >= 15 is 4.39 Å². The maximum absolute atomic E-state index is 15.8. The molecule has 0 spiro atoms. The second-order valence-electron chi connectivity index (χ2n) is 6.49.